The van der Waals surface area contributed by atoms with Crippen LogP contribution >= 0.6 is 0 Å². The van der Waals surface area contributed by atoms with Gasteiger partial charge in [-0.1, -0.05) is 18.2 Å². The molecule has 132 valence electrons. The van der Waals surface area contributed by atoms with Crippen LogP contribution in [0.5, 0.6) is 0 Å². The number of amides is 1. The van der Waals surface area contributed by atoms with Crippen LogP contribution in [0.15, 0.2) is 54.9 Å². The van der Waals surface area contributed by atoms with Crippen LogP contribution in [0, 0.1) is 13.8 Å². The van der Waals surface area contributed by atoms with Crippen LogP contribution in [0.3, 0.4) is 0 Å². The molecule has 0 aliphatic heterocycles. The molecule has 0 bridgehead atoms. The number of carbonyl (C=O) groups excluding carboxylic acids is 1. The summed E-state index contributed by atoms with van der Waals surface area (Å²) in [5.41, 5.74) is 3.54. The molecule has 1 aromatic carbocycles. The number of pyridine rings is 1. The molecule has 1 amide bonds. The van der Waals surface area contributed by atoms with Gasteiger partial charge in [0.05, 0.1) is 6.54 Å². The number of para-hydroxylation sites is 1. The third-order valence-electron chi connectivity index (χ3n) is 4.25. The SMILES string of the molecule is Cc1nc(-c2ccncc2)nc(NCC(=O)N(C)c2ccccc2)c1C. The second-order valence-electron chi connectivity index (χ2n) is 5.98. The van der Waals surface area contributed by atoms with Gasteiger partial charge in [0.1, 0.15) is 5.82 Å². The summed E-state index contributed by atoms with van der Waals surface area (Å²) >= 11 is 0. The lowest BCUT2D eigenvalue weighted by Crippen LogP contribution is -2.32. The molecule has 2 aromatic heterocycles. The first kappa shape index (κ1) is 17.5. The van der Waals surface area contributed by atoms with Crippen molar-refractivity contribution < 1.29 is 4.79 Å². The van der Waals surface area contributed by atoms with Crippen LogP contribution in [0.2, 0.25) is 0 Å². The van der Waals surface area contributed by atoms with Crippen molar-refractivity contribution >= 4 is 17.4 Å². The molecular formula is C20H21N5O. The van der Waals surface area contributed by atoms with Gasteiger partial charge in [-0.2, -0.15) is 0 Å². The Kier molecular flexibility index (Phi) is 5.22. The standard InChI is InChI=1S/C20H21N5O/c1-14-15(2)23-20(16-9-11-21-12-10-16)24-19(14)22-13-18(26)25(3)17-7-5-4-6-8-17/h4-12H,13H2,1-3H3,(H,22,23,24). The Bertz CT molecular complexity index is 897. The van der Waals surface area contributed by atoms with E-state index in [9.17, 15) is 4.79 Å². The Morgan fingerprint density at radius 1 is 1.04 bits per heavy atom. The zero-order valence-corrected chi connectivity index (χ0v) is 15.1. The summed E-state index contributed by atoms with van der Waals surface area (Å²) in [7, 11) is 1.76. The van der Waals surface area contributed by atoms with E-state index >= 15 is 0 Å². The van der Waals surface area contributed by atoms with Crippen LogP contribution in [-0.2, 0) is 4.79 Å². The topological polar surface area (TPSA) is 71.0 Å². The molecule has 3 rings (SSSR count). The van der Waals surface area contributed by atoms with Gasteiger partial charge in [0.15, 0.2) is 5.82 Å². The van der Waals surface area contributed by atoms with Crippen molar-refractivity contribution in [1.82, 2.24) is 15.0 Å². The van der Waals surface area contributed by atoms with E-state index < -0.39 is 0 Å². The van der Waals surface area contributed by atoms with Gasteiger partial charge in [-0.15, -0.1) is 0 Å². The highest BCUT2D eigenvalue weighted by Gasteiger charge is 2.13. The first-order valence-corrected chi connectivity index (χ1v) is 8.37. The maximum atomic E-state index is 12.5. The van der Waals surface area contributed by atoms with Gasteiger partial charge in [0.25, 0.3) is 0 Å². The molecule has 3 aromatic rings. The van der Waals surface area contributed by atoms with Crippen LogP contribution in [0.25, 0.3) is 11.4 Å². The average molecular weight is 347 g/mol. The van der Waals surface area contributed by atoms with E-state index in [-0.39, 0.29) is 12.5 Å². The predicted octanol–water partition coefficient (Wildman–Crippen LogP) is 3.23. The molecule has 0 unspecified atom stereocenters. The van der Waals surface area contributed by atoms with Crippen molar-refractivity contribution in [3.05, 3.63) is 66.1 Å². The number of hydrogen-bond donors (Lipinski definition) is 1. The molecule has 0 saturated carbocycles. The zero-order chi connectivity index (χ0) is 18.5. The number of anilines is 2. The van der Waals surface area contributed by atoms with E-state index in [1.54, 1.807) is 24.3 Å². The van der Waals surface area contributed by atoms with Crippen LogP contribution in [0.1, 0.15) is 11.3 Å². The number of aromatic nitrogens is 3. The summed E-state index contributed by atoms with van der Waals surface area (Å²) in [6, 6.07) is 13.3. The van der Waals surface area contributed by atoms with Gasteiger partial charge < -0.3 is 10.2 Å². The highest BCUT2D eigenvalue weighted by Crippen LogP contribution is 2.21. The third-order valence-corrected chi connectivity index (χ3v) is 4.25. The quantitative estimate of drug-likeness (QED) is 0.767. The van der Waals surface area contributed by atoms with Crippen molar-refractivity contribution in [2.24, 2.45) is 0 Å². The molecular weight excluding hydrogens is 326 g/mol. The fourth-order valence-corrected chi connectivity index (χ4v) is 2.50. The van der Waals surface area contributed by atoms with E-state index in [1.165, 1.54) is 0 Å². The Labute approximate surface area is 153 Å². The van der Waals surface area contributed by atoms with Crippen molar-refractivity contribution in [3.63, 3.8) is 0 Å². The number of rotatable bonds is 5. The molecule has 6 heteroatoms. The van der Waals surface area contributed by atoms with Gasteiger partial charge in [0, 0.05) is 41.9 Å². The molecule has 2 heterocycles. The van der Waals surface area contributed by atoms with Crippen LogP contribution < -0.4 is 10.2 Å². The van der Waals surface area contributed by atoms with Crippen molar-refractivity contribution in [3.8, 4) is 11.4 Å². The van der Waals surface area contributed by atoms with E-state index in [4.69, 9.17) is 0 Å². The first-order valence-electron chi connectivity index (χ1n) is 8.37. The molecule has 0 aliphatic rings. The molecule has 1 N–H and O–H groups in total. The minimum Gasteiger partial charge on any atom is -0.361 e. The predicted molar refractivity (Wildman–Crippen MR) is 103 cm³/mol. The second-order valence-corrected chi connectivity index (χ2v) is 5.98. The van der Waals surface area contributed by atoms with Crippen molar-refractivity contribution in [2.75, 3.05) is 23.8 Å². The molecule has 0 fully saturated rings. The van der Waals surface area contributed by atoms with Crippen molar-refractivity contribution in [1.29, 1.82) is 0 Å². The van der Waals surface area contributed by atoms with E-state index in [2.05, 4.69) is 20.3 Å². The number of carbonyl (C=O) groups is 1. The highest BCUT2D eigenvalue weighted by atomic mass is 16.2. The lowest BCUT2D eigenvalue weighted by atomic mass is 10.2. The third kappa shape index (κ3) is 3.85. The maximum Gasteiger partial charge on any atom is 0.246 e. The van der Waals surface area contributed by atoms with E-state index in [0.717, 1.165) is 22.5 Å². The van der Waals surface area contributed by atoms with Gasteiger partial charge in [-0.3, -0.25) is 9.78 Å². The molecule has 6 nitrogen and oxygen atoms in total. The number of benzene rings is 1. The van der Waals surface area contributed by atoms with Gasteiger partial charge in [0.2, 0.25) is 5.91 Å². The first-order chi connectivity index (χ1) is 12.6. The minimum atomic E-state index is -0.0441. The molecule has 26 heavy (non-hydrogen) atoms. The zero-order valence-electron chi connectivity index (χ0n) is 15.1. The van der Waals surface area contributed by atoms with Crippen molar-refractivity contribution in [2.45, 2.75) is 13.8 Å². The monoisotopic (exact) mass is 347 g/mol. The Hall–Kier alpha value is -3.28. The van der Waals surface area contributed by atoms with Gasteiger partial charge in [-0.05, 0) is 38.1 Å². The summed E-state index contributed by atoms with van der Waals surface area (Å²) in [5, 5.41) is 3.16. The van der Waals surface area contributed by atoms with Gasteiger partial charge in [-0.25, -0.2) is 9.97 Å². The summed E-state index contributed by atoms with van der Waals surface area (Å²) < 4.78 is 0. The Morgan fingerprint density at radius 3 is 2.42 bits per heavy atom. The largest absolute Gasteiger partial charge is 0.361 e. The molecule has 0 aliphatic carbocycles. The summed E-state index contributed by atoms with van der Waals surface area (Å²) in [5.74, 6) is 1.23. The molecule has 0 atom stereocenters. The fourth-order valence-electron chi connectivity index (χ4n) is 2.50. The summed E-state index contributed by atoms with van der Waals surface area (Å²) in [6.07, 6.45) is 3.42. The summed E-state index contributed by atoms with van der Waals surface area (Å²) in [4.78, 5) is 27.3. The normalized spacial score (nSPS) is 10.4. The fraction of sp³-hybridized carbons (Fsp3) is 0.200. The number of nitrogens with zero attached hydrogens (tertiary/aromatic N) is 4. The molecule has 0 spiro atoms. The smallest absolute Gasteiger partial charge is 0.246 e. The van der Waals surface area contributed by atoms with Gasteiger partial charge >= 0.3 is 0 Å². The average Bonchev–Trinajstić information content (AvgIpc) is 2.69. The van der Waals surface area contributed by atoms with E-state index in [1.807, 2.05) is 56.3 Å². The number of hydrogen-bond acceptors (Lipinski definition) is 5. The minimum absolute atomic E-state index is 0.0441. The van der Waals surface area contributed by atoms with Crippen LogP contribution in [-0.4, -0.2) is 34.5 Å². The second kappa shape index (κ2) is 7.74. The van der Waals surface area contributed by atoms with Crippen LogP contribution in [0.4, 0.5) is 11.5 Å². The Morgan fingerprint density at radius 2 is 1.73 bits per heavy atom. The van der Waals surface area contributed by atoms with E-state index in [0.29, 0.717) is 11.6 Å². The molecule has 0 radical (unpaired) electrons. The summed E-state index contributed by atoms with van der Waals surface area (Å²) in [6.45, 7) is 4.03. The lowest BCUT2D eigenvalue weighted by molar-refractivity contribution is -0.116. The number of likely N-dealkylation sites (N-methyl/N-ethyl adjacent to an activating group) is 1. The molecule has 0 saturated heterocycles. The maximum absolute atomic E-state index is 12.5. The number of aryl methyl sites for hydroxylation is 1. The lowest BCUT2D eigenvalue weighted by Gasteiger charge is -2.18. The number of nitrogens with one attached hydrogen (secondary N) is 1. The highest BCUT2D eigenvalue weighted by molar-refractivity contribution is 5.95. The Balaban J connectivity index is 1.77.